The molecule has 1 amide bonds. The van der Waals surface area contributed by atoms with Gasteiger partial charge in [0.15, 0.2) is 18.1 Å². The predicted octanol–water partition coefficient (Wildman–Crippen LogP) is 3.52. The van der Waals surface area contributed by atoms with Crippen LogP contribution in [0.25, 0.3) is 0 Å². The van der Waals surface area contributed by atoms with Crippen molar-refractivity contribution in [3.63, 3.8) is 0 Å². The molecule has 0 saturated heterocycles. The van der Waals surface area contributed by atoms with E-state index in [1.54, 1.807) is 37.5 Å². The van der Waals surface area contributed by atoms with Crippen LogP contribution in [0.1, 0.15) is 11.1 Å². The molecule has 0 unspecified atom stereocenters. The highest BCUT2D eigenvalue weighted by molar-refractivity contribution is 5.83. The lowest BCUT2D eigenvalue weighted by Gasteiger charge is -2.10. The summed E-state index contributed by atoms with van der Waals surface area (Å²) in [4.78, 5) is 11.9. The number of hydrogen-bond donors (Lipinski definition) is 1. The number of hydrazone groups is 1. The van der Waals surface area contributed by atoms with Gasteiger partial charge in [-0.3, -0.25) is 4.79 Å². The van der Waals surface area contributed by atoms with Crippen molar-refractivity contribution >= 4 is 12.1 Å². The molecule has 0 atom stereocenters. The first-order valence-corrected chi connectivity index (χ1v) is 8.73. The molecule has 0 aliphatic rings. The van der Waals surface area contributed by atoms with Gasteiger partial charge in [-0.1, -0.05) is 36.9 Å². The Labute approximate surface area is 165 Å². The molecule has 0 fully saturated rings. The van der Waals surface area contributed by atoms with Crippen molar-refractivity contribution in [3.05, 3.63) is 78.9 Å². The van der Waals surface area contributed by atoms with Gasteiger partial charge in [-0.2, -0.15) is 5.10 Å². The van der Waals surface area contributed by atoms with Gasteiger partial charge >= 0.3 is 0 Å². The summed E-state index contributed by atoms with van der Waals surface area (Å²) in [6.45, 7) is 7.58. The highest BCUT2D eigenvalue weighted by atomic mass is 16.5. The van der Waals surface area contributed by atoms with E-state index in [1.165, 1.54) is 6.21 Å². The predicted molar refractivity (Wildman–Crippen MR) is 110 cm³/mol. The van der Waals surface area contributed by atoms with Crippen molar-refractivity contribution in [2.45, 2.75) is 6.42 Å². The van der Waals surface area contributed by atoms with Crippen LogP contribution >= 0.6 is 0 Å². The third kappa shape index (κ3) is 6.32. The van der Waals surface area contributed by atoms with Crippen molar-refractivity contribution in [1.29, 1.82) is 0 Å². The normalized spacial score (nSPS) is 10.3. The minimum absolute atomic E-state index is 0.136. The van der Waals surface area contributed by atoms with E-state index in [-0.39, 0.29) is 12.5 Å². The van der Waals surface area contributed by atoms with Crippen LogP contribution in [0.2, 0.25) is 0 Å². The van der Waals surface area contributed by atoms with Crippen molar-refractivity contribution in [3.8, 4) is 17.2 Å². The molecule has 1 N–H and O–H groups in total. The Balaban J connectivity index is 1.89. The van der Waals surface area contributed by atoms with Gasteiger partial charge in [0.1, 0.15) is 12.4 Å². The molecule has 0 aromatic heterocycles. The van der Waals surface area contributed by atoms with Gasteiger partial charge in [0, 0.05) is 0 Å². The van der Waals surface area contributed by atoms with Crippen LogP contribution in [0.15, 0.2) is 72.9 Å². The first-order chi connectivity index (χ1) is 13.7. The molecule has 2 aromatic carbocycles. The number of hydrogen-bond acceptors (Lipinski definition) is 5. The van der Waals surface area contributed by atoms with Gasteiger partial charge < -0.3 is 14.2 Å². The number of nitrogens with one attached hydrogen (secondary N) is 1. The van der Waals surface area contributed by atoms with E-state index < -0.39 is 0 Å². The summed E-state index contributed by atoms with van der Waals surface area (Å²) in [5.74, 6) is 1.47. The van der Waals surface area contributed by atoms with E-state index in [4.69, 9.17) is 14.2 Å². The fourth-order valence-electron chi connectivity index (χ4n) is 2.36. The standard InChI is InChI=1S/C22H24N2O4/c1-4-8-18-9-6-7-10-19(18)28-16-22(25)24-23-15-17-11-12-20(27-13-5-2)21(14-17)26-3/h4-7,9-12,14-15H,1-2,8,13,16H2,3H3,(H,24,25)/b23-15+. The topological polar surface area (TPSA) is 69.2 Å². The number of carbonyl (C=O) groups excluding carboxylic acids is 1. The third-order valence-electron chi connectivity index (χ3n) is 3.64. The van der Waals surface area contributed by atoms with Crippen molar-refractivity contribution in [1.82, 2.24) is 5.43 Å². The van der Waals surface area contributed by atoms with E-state index in [0.717, 1.165) is 11.1 Å². The Morgan fingerprint density at radius 3 is 2.64 bits per heavy atom. The van der Waals surface area contributed by atoms with Crippen LogP contribution in [0.4, 0.5) is 0 Å². The fourth-order valence-corrected chi connectivity index (χ4v) is 2.36. The van der Waals surface area contributed by atoms with Gasteiger partial charge in [0.25, 0.3) is 5.91 Å². The first-order valence-electron chi connectivity index (χ1n) is 8.73. The second-order valence-corrected chi connectivity index (χ2v) is 5.69. The van der Waals surface area contributed by atoms with Crippen LogP contribution in [0.3, 0.4) is 0 Å². The minimum atomic E-state index is -0.359. The highest BCUT2D eigenvalue weighted by Gasteiger charge is 2.06. The van der Waals surface area contributed by atoms with Gasteiger partial charge in [-0.25, -0.2) is 5.43 Å². The van der Waals surface area contributed by atoms with Crippen LogP contribution < -0.4 is 19.6 Å². The first kappa shape index (κ1) is 20.8. The lowest BCUT2D eigenvalue weighted by Crippen LogP contribution is -2.24. The van der Waals surface area contributed by atoms with Gasteiger partial charge in [0.2, 0.25) is 0 Å². The number of benzene rings is 2. The molecule has 2 rings (SSSR count). The van der Waals surface area contributed by atoms with Crippen LogP contribution in [-0.2, 0) is 11.2 Å². The minimum Gasteiger partial charge on any atom is -0.493 e. The molecule has 0 spiro atoms. The molecule has 0 bridgehead atoms. The van der Waals surface area contributed by atoms with Crippen LogP contribution in [0.5, 0.6) is 17.2 Å². The molecule has 0 heterocycles. The van der Waals surface area contributed by atoms with Crippen LogP contribution in [0, 0.1) is 0 Å². The van der Waals surface area contributed by atoms with Gasteiger partial charge in [-0.15, -0.1) is 6.58 Å². The lowest BCUT2D eigenvalue weighted by atomic mass is 10.1. The largest absolute Gasteiger partial charge is 0.493 e. The maximum absolute atomic E-state index is 11.9. The number of amides is 1. The summed E-state index contributed by atoms with van der Waals surface area (Å²) in [7, 11) is 1.56. The number of carbonyl (C=O) groups is 1. The van der Waals surface area contributed by atoms with Crippen molar-refractivity contribution < 1.29 is 19.0 Å². The summed E-state index contributed by atoms with van der Waals surface area (Å²) in [5.41, 5.74) is 4.16. The molecule has 28 heavy (non-hydrogen) atoms. The average molecular weight is 380 g/mol. The molecular formula is C22H24N2O4. The monoisotopic (exact) mass is 380 g/mol. The number of allylic oxidation sites excluding steroid dienone is 1. The Kier molecular flexibility index (Phi) is 8.33. The second kappa shape index (κ2) is 11.2. The van der Waals surface area contributed by atoms with Gasteiger partial charge in [-0.05, 0) is 41.8 Å². The summed E-state index contributed by atoms with van der Waals surface area (Å²) >= 11 is 0. The summed E-state index contributed by atoms with van der Waals surface area (Å²) in [5, 5.41) is 3.95. The number of para-hydroxylation sites is 1. The lowest BCUT2D eigenvalue weighted by molar-refractivity contribution is -0.123. The zero-order valence-corrected chi connectivity index (χ0v) is 15.9. The molecule has 0 radical (unpaired) electrons. The Morgan fingerprint density at radius 1 is 1.07 bits per heavy atom. The molecule has 0 aliphatic heterocycles. The van der Waals surface area contributed by atoms with E-state index in [1.807, 2.05) is 24.3 Å². The molecule has 146 valence electrons. The van der Waals surface area contributed by atoms with Gasteiger partial charge in [0.05, 0.1) is 13.3 Å². The summed E-state index contributed by atoms with van der Waals surface area (Å²) in [6, 6.07) is 12.9. The molecule has 6 heteroatoms. The molecule has 0 saturated carbocycles. The van der Waals surface area contributed by atoms with Crippen molar-refractivity contribution in [2.75, 3.05) is 20.3 Å². The van der Waals surface area contributed by atoms with E-state index in [2.05, 4.69) is 23.7 Å². The number of rotatable bonds is 11. The van der Waals surface area contributed by atoms with Crippen molar-refractivity contribution in [2.24, 2.45) is 5.10 Å². The maximum atomic E-state index is 11.9. The second-order valence-electron chi connectivity index (χ2n) is 5.69. The quantitative estimate of drug-likeness (QED) is 0.368. The molecule has 6 nitrogen and oxygen atoms in total. The summed E-state index contributed by atoms with van der Waals surface area (Å²) < 4.78 is 16.4. The Morgan fingerprint density at radius 2 is 1.89 bits per heavy atom. The summed E-state index contributed by atoms with van der Waals surface area (Å²) in [6.07, 6.45) is 5.63. The number of ether oxygens (including phenoxy) is 3. The zero-order valence-electron chi connectivity index (χ0n) is 15.9. The SMILES string of the molecule is C=CCOc1ccc(/C=N/NC(=O)COc2ccccc2CC=C)cc1OC. The van der Waals surface area contributed by atoms with Crippen LogP contribution in [-0.4, -0.2) is 32.4 Å². The van der Waals surface area contributed by atoms with E-state index >= 15 is 0 Å². The number of methoxy groups -OCH3 is 1. The Hall–Kier alpha value is -3.54. The molecule has 2 aromatic rings. The van der Waals surface area contributed by atoms with E-state index in [0.29, 0.717) is 30.3 Å². The highest BCUT2D eigenvalue weighted by Crippen LogP contribution is 2.27. The zero-order chi connectivity index (χ0) is 20.2. The molecule has 0 aliphatic carbocycles. The number of nitrogens with zero attached hydrogens (tertiary/aromatic N) is 1. The third-order valence-corrected chi connectivity index (χ3v) is 3.64. The smallest absolute Gasteiger partial charge is 0.277 e. The van der Waals surface area contributed by atoms with E-state index in [9.17, 15) is 4.79 Å². The average Bonchev–Trinajstić information content (AvgIpc) is 2.72. The maximum Gasteiger partial charge on any atom is 0.277 e. The molecular weight excluding hydrogens is 356 g/mol. The fraction of sp³-hybridized carbons (Fsp3) is 0.182. The Bertz CT molecular complexity index is 846.